The van der Waals surface area contributed by atoms with Crippen LogP contribution in [0.2, 0.25) is 0 Å². The fraction of sp³-hybridized carbons (Fsp3) is 0.412. The molecule has 0 unspecified atom stereocenters. The second-order valence-electron chi connectivity index (χ2n) is 5.42. The third-order valence-corrected chi connectivity index (χ3v) is 5.01. The minimum absolute atomic E-state index is 0.301. The number of halogens is 1. The Morgan fingerprint density at radius 2 is 1.78 bits per heavy atom. The van der Waals surface area contributed by atoms with E-state index in [2.05, 4.69) is 38.8 Å². The van der Waals surface area contributed by atoms with Crippen LogP contribution in [0.4, 0.5) is 0 Å². The summed E-state index contributed by atoms with van der Waals surface area (Å²) in [5.41, 5.74) is 2.35. The highest BCUT2D eigenvalue weighted by Gasteiger charge is 2.45. The summed E-state index contributed by atoms with van der Waals surface area (Å²) < 4.78 is 10.1. The monoisotopic (exact) mass is 381 g/mol. The van der Waals surface area contributed by atoms with E-state index in [0.717, 1.165) is 11.9 Å². The van der Waals surface area contributed by atoms with Gasteiger partial charge in [0, 0.05) is 24.1 Å². The number of carbonyl (C=O) groups is 2. The summed E-state index contributed by atoms with van der Waals surface area (Å²) in [5.74, 6) is -1.27. The summed E-state index contributed by atoms with van der Waals surface area (Å²) in [6.07, 6.45) is 3.78. The van der Waals surface area contributed by atoms with Crippen LogP contribution in [0.5, 0.6) is 0 Å². The lowest BCUT2D eigenvalue weighted by Gasteiger charge is -2.21. The Kier molecular flexibility index (Phi) is 5.46. The quantitative estimate of drug-likeness (QED) is 0.438. The molecule has 1 aromatic carbocycles. The van der Waals surface area contributed by atoms with Crippen LogP contribution in [0, 0.1) is 0 Å². The van der Waals surface area contributed by atoms with Crippen LogP contribution in [-0.2, 0) is 32.5 Å². The van der Waals surface area contributed by atoms with E-state index in [1.807, 2.05) is 19.2 Å². The summed E-state index contributed by atoms with van der Waals surface area (Å²) in [6.45, 7) is 0. The van der Waals surface area contributed by atoms with Gasteiger partial charge >= 0.3 is 11.9 Å². The molecule has 1 heterocycles. The predicted octanol–water partition coefficient (Wildman–Crippen LogP) is 2.98. The van der Waals surface area contributed by atoms with Crippen molar-refractivity contribution < 1.29 is 19.1 Å². The highest BCUT2D eigenvalue weighted by atomic mass is 79.9. The van der Waals surface area contributed by atoms with Crippen molar-refractivity contribution in [2.45, 2.75) is 23.6 Å². The molecule has 6 heteroatoms. The molecule has 0 saturated carbocycles. The zero-order valence-corrected chi connectivity index (χ0v) is 15.1. The fourth-order valence-electron chi connectivity index (χ4n) is 2.76. The maximum absolute atomic E-state index is 11.9. The van der Waals surface area contributed by atoms with Crippen LogP contribution in [0.15, 0.2) is 30.5 Å². The van der Waals surface area contributed by atoms with Gasteiger partial charge in [-0.1, -0.05) is 34.1 Å². The van der Waals surface area contributed by atoms with Crippen molar-refractivity contribution >= 4 is 38.8 Å². The summed E-state index contributed by atoms with van der Waals surface area (Å²) >= 11 is 3.21. The normalized spacial score (nSPS) is 11.5. The fourth-order valence-corrected chi connectivity index (χ4v) is 3.36. The van der Waals surface area contributed by atoms with Gasteiger partial charge in [-0.2, -0.15) is 0 Å². The second kappa shape index (κ2) is 7.17. The molecule has 1 aromatic heterocycles. The molecule has 0 radical (unpaired) electrons. The number of hydrogen-bond acceptors (Lipinski definition) is 4. The van der Waals surface area contributed by atoms with Gasteiger partial charge in [-0.3, -0.25) is 0 Å². The highest BCUT2D eigenvalue weighted by Crippen LogP contribution is 2.30. The van der Waals surface area contributed by atoms with Gasteiger partial charge in [0.15, 0.2) is 0 Å². The van der Waals surface area contributed by atoms with E-state index in [0.29, 0.717) is 12.8 Å². The van der Waals surface area contributed by atoms with E-state index in [9.17, 15) is 9.59 Å². The number of esters is 2. The van der Waals surface area contributed by atoms with Crippen molar-refractivity contribution in [3.8, 4) is 0 Å². The van der Waals surface area contributed by atoms with Gasteiger partial charge in [0.25, 0.3) is 0 Å². The molecule has 0 spiro atoms. The van der Waals surface area contributed by atoms with Crippen LogP contribution < -0.4 is 0 Å². The van der Waals surface area contributed by atoms with Crippen molar-refractivity contribution in [2.24, 2.45) is 7.05 Å². The average molecular weight is 382 g/mol. The minimum atomic E-state index is -1.44. The zero-order valence-electron chi connectivity index (χ0n) is 13.5. The lowest BCUT2D eigenvalue weighted by atomic mass is 9.99. The number of nitrogens with zero attached hydrogens (tertiary/aromatic N) is 1. The standard InChI is InChI=1S/C17H20BrNO4/c1-19-11-12(13-8-4-5-9-14(13)19)7-6-10-17(18,15(20)22-2)16(21)23-3/h4-5,8-9,11H,6-7,10H2,1-3H3. The predicted molar refractivity (Wildman–Crippen MR) is 91.5 cm³/mol. The lowest BCUT2D eigenvalue weighted by molar-refractivity contribution is -0.155. The Labute approximate surface area is 143 Å². The smallest absolute Gasteiger partial charge is 0.334 e. The molecule has 0 saturated heterocycles. The molecule has 2 aromatic rings. The molecule has 0 aliphatic rings. The van der Waals surface area contributed by atoms with Gasteiger partial charge in [0.2, 0.25) is 4.32 Å². The Balaban J connectivity index is 2.13. The van der Waals surface area contributed by atoms with Crippen molar-refractivity contribution in [3.63, 3.8) is 0 Å². The number of aryl methyl sites for hydroxylation is 2. The number of rotatable bonds is 6. The van der Waals surface area contributed by atoms with E-state index < -0.39 is 16.3 Å². The Morgan fingerprint density at radius 3 is 2.39 bits per heavy atom. The summed E-state index contributed by atoms with van der Waals surface area (Å²) in [7, 11) is 4.52. The number of methoxy groups -OCH3 is 2. The molecule has 0 aliphatic heterocycles. The van der Waals surface area contributed by atoms with Crippen LogP contribution >= 0.6 is 15.9 Å². The van der Waals surface area contributed by atoms with Gasteiger partial charge in [-0.15, -0.1) is 0 Å². The number of benzene rings is 1. The van der Waals surface area contributed by atoms with E-state index in [1.54, 1.807) is 0 Å². The first kappa shape index (κ1) is 17.5. The molecule has 0 bridgehead atoms. The van der Waals surface area contributed by atoms with E-state index in [1.165, 1.54) is 25.2 Å². The van der Waals surface area contributed by atoms with Gasteiger partial charge in [0.1, 0.15) is 0 Å². The number of ether oxygens (including phenoxy) is 2. The molecule has 0 aliphatic carbocycles. The second-order valence-corrected chi connectivity index (χ2v) is 6.77. The van der Waals surface area contributed by atoms with E-state index in [-0.39, 0.29) is 0 Å². The number of aromatic nitrogens is 1. The zero-order chi connectivity index (χ0) is 17.0. The average Bonchev–Trinajstić information content (AvgIpc) is 2.89. The molecule has 2 rings (SSSR count). The van der Waals surface area contributed by atoms with Gasteiger partial charge in [-0.05, 0) is 30.9 Å². The Morgan fingerprint density at radius 1 is 1.17 bits per heavy atom. The molecule has 23 heavy (non-hydrogen) atoms. The summed E-state index contributed by atoms with van der Waals surface area (Å²) in [6, 6.07) is 8.15. The maximum Gasteiger partial charge on any atom is 0.334 e. The number of hydrogen-bond donors (Lipinski definition) is 0. The van der Waals surface area contributed by atoms with E-state index in [4.69, 9.17) is 9.47 Å². The Hall–Kier alpha value is -1.82. The molecule has 0 fully saturated rings. The molecular weight excluding hydrogens is 362 g/mol. The van der Waals surface area contributed by atoms with Crippen LogP contribution in [-0.4, -0.2) is 35.0 Å². The van der Waals surface area contributed by atoms with Gasteiger partial charge < -0.3 is 14.0 Å². The molecule has 0 atom stereocenters. The maximum atomic E-state index is 11.9. The topological polar surface area (TPSA) is 57.5 Å². The Bertz CT molecular complexity index is 706. The van der Waals surface area contributed by atoms with Gasteiger partial charge in [-0.25, -0.2) is 9.59 Å². The first-order valence-electron chi connectivity index (χ1n) is 7.32. The molecular formula is C17H20BrNO4. The highest BCUT2D eigenvalue weighted by molar-refractivity contribution is 9.10. The third-order valence-electron chi connectivity index (χ3n) is 3.96. The van der Waals surface area contributed by atoms with Gasteiger partial charge in [0.05, 0.1) is 14.2 Å². The van der Waals surface area contributed by atoms with Crippen molar-refractivity contribution in [1.82, 2.24) is 4.57 Å². The number of fused-ring (bicyclic) bond motifs is 1. The minimum Gasteiger partial charge on any atom is -0.468 e. The molecule has 0 amide bonds. The van der Waals surface area contributed by atoms with Crippen molar-refractivity contribution in [3.05, 3.63) is 36.0 Å². The summed E-state index contributed by atoms with van der Waals surface area (Å²) in [4.78, 5) is 23.8. The van der Waals surface area contributed by atoms with Crippen LogP contribution in [0.3, 0.4) is 0 Å². The van der Waals surface area contributed by atoms with E-state index >= 15 is 0 Å². The number of carbonyl (C=O) groups excluding carboxylic acids is 2. The first-order valence-corrected chi connectivity index (χ1v) is 8.12. The molecule has 124 valence electrons. The number of para-hydroxylation sites is 1. The lowest BCUT2D eigenvalue weighted by Crippen LogP contribution is -2.42. The summed E-state index contributed by atoms with van der Waals surface area (Å²) in [5, 5.41) is 1.19. The SMILES string of the molecule is COC(=O)C(Br)(CCCc1cn(C)c2ccccc12)C(=O)OC. The molecule has 5 nitrogen and oxygen atoms in total. The third kappa shape index (κ3) is 3.42. The van der Waals surface area contributed by atoms with Crippen molar-refractivity contribution in [1.29, 1.82) is 0 Å². The molecule has 0 N–H and O–H groups in total. The first-order chi connectivity index (χ1) is 10.9. The van der Waals surface area contributed by atoms with Crippen LogP contribution in [0.1, 0.15) is 18.4 Å². The van der Waals surface area contributed by atoms with Crippen molar-refractivity contribution in [2.75, 3.05) is 14.2 Å². The van der Waals surface area contributed by atoms with Crippen LogP contribution in [0.25, 0.3) is 10.9 Å². The largest absolute Gasteiger partial charge is 0.468 e. The number of alkyl halides is 1.